The quantitative estimate of drug-likeness (QED) is 0.851. The zero-order valence-electron chi connectivity index (χ0n) is 10.4. The first-order valence-electron chi connectivity index (χ1n) is 5.82. The molecule has 0 radical (unpaired) electrons. The van der Waals surface area contributed by atoms with E-state index in [0.717, 1.165) is 10.9 Å². The first-order chi connectivity index (χ1) is 9.04. The molecule has 19 heavy (non-hydrogen) atoms. The molecular weight excluding hydrogens is 285 g/mol. The molecule has 1 aromatic carbocycles. The standard InChI is InChI=1S/C13H14FNO2S2/c1-2-15(10-12-6-4-8-18-12)19(16,17)13-7-3-5-11(14)9-13/h3-9H,2,10H2,1H3. The Morgan fingerprint density at radius 3 is 2.63 bits per heavy atom. The highest BCUT2D eigenvalue weighted by Gasteiger charge is 2.23. The molecule has 0 amide bonds. The smallest absolute Gasteiger partial charge is 0.207 e. The summed E-state index contributed by atoms with van der Waals surface area (Å²) in [6.45, 7) is 2.42. The Bertz CT molecular complexity index is 638. The lowest BCUT2D eigenvalue weighted by molar-refractivity contribution is 0.426. The third-order valence-electron chi connectivity index (χ3n) is 2.70. The highest BCUT2D eigenvalue weighted by Crippen LogP contribution is 2.20. The second-order valence-electron chi connectivity index (χ2n) is 3.97. The number of rotatable bonds is 5. The van der Waals surface area contributed by atoms with Crippen molar-refractivity contribution in [3.63, 3.8) is 0 Å². The molecule has 2 aromatic rings. The average molecular weight is 299 g/mol. The molecule has 0 saturated heterocycles. The van der Waals surface area contributed by atoms with E-state index in [0.29, 0.717) is 13.1 Å². The second kappa shape index (κ2) is 5.81. The van der Waals surface area contributed by atoms with E-state index >= 15 is 0 Å². The summed E-state index contributed by atoms with van der Waals surface area (Å²) in [5, 5.41) is 1.90. The van der Waals surface area contributed by atoms with E-state index in [-0.39, 0.29) is 4.90 Å². The van der Waals surface area contributed by atoms with Gasteiger partial charge in [0.2, 0.25) is 10.0 Å². The van der Waals surface area contributed by atoms with Crippen molar-refractivity contribution >= 4 is 21.4 Å². The Morgan fingerprint density at radius 1 is 1.26 bits per heavy atom. The van der Waals surface area contributed by atoms with Crippen LogP contribution in [0.15, 0.2) is 46.7 Å². The van der Waals surface area contributed by atoms with Gasteiger partial charge in [-0.2, -0.15) is 4.31 Å². The molecule has 3 nitrogen and oxygen atoms in total. The first kappa shape index (κ1) is 14.2. The van der Waals surface area contributed by atoms with Crippen LogP contribution in [0.2, 0.25) is 0 Å². The third kappa shape index (κ3) is 3.20. The van der Waals surface area contributed by atoms with Crippen LogP contribution in [0.4, 0.5) is 4.39 Å². The number of benzene rings is 1. The highest BCUT2D eigenvalue weighted by atomic mass is 32.2. The van der Waals surface area contributed by atoms with Crippen molar-refractivity contribution in [3.8, 4) is 0 Å². The van der Waals surface area contributed by atoms with E-state index in [1.807, 2.05) is 17.5 Å². The molecule has 0 atom stereocenters. The van der Waals surface area contributed by atoms with Gasteiger partial charge in [-0.25, -0.2) is 12.8 Å². The lowest BCUT2D eigenvalue weighted by atomic mass is 10.4. The van der Waals surface area contributed by atoms with E-state index in [9.17, 15) is 12.8 Å². The van der Waals surface area contributed by atoms with Gasteiger partial charge in [0.25, 0.3) is 0 Å². The van der Waals surface area contributed by atoms with Crippen molar-refractivity contribution in [1.82, 2.24) is 4.31 Å². The molecule has 0 unspecified atom stereocenters. The summed E-state index contributed by atoms with van der Waals surface area (Å²) in [6.07, 6.45) is 0. The van der Waals surface area contributed by atoms with Crippen LogP contribution in [0.5, 0.6) is 0 Å². The summed E-state index contributed by atoms with van der Waals surface area (Å²) in [7, 11) is -3.65. The minimum absolute atomic E-state index is 0.00842. The summed E-state index contributed by atoms with van der Waals surface area (Å²) in [5.74, 6) is -0.548. The molecule has 1 heterocycles. The molecule has 1 aromatic heterocycles. The Labute approximate surface area is 116 Å². The summed E-state index contributed by atoms with van der Waals surface area (Å²) >= 11 is 1.50. The summed E-state index contributed by atoms with van der Waals surface area (Å²) in [5.41, 5.74) is 0. The Hall–Kier alpha value is -1.24. The fraction of sp³-hybridized carbons (Fsp3) is 0.231. The maximum atomic E-state index is 13.2. The van der Waals surface area contributed by atoms with Crippen molar-refractivity contribution in [1.29, 1.82) is 0 Å². The fourth-order valence-corrected chi connectivity index (χ4v) is 3.98. The molecule has 0 N–H and O–H groups in total. The van der Waals surface area contributed by atoms with Crippen LogP contribution in [0, 0.1) is 5.82 Å². The van der Waals surface area contributed by atoms with E-state index in [2.05, 4.69) is 0 Å². The van der Waals surface area contributed by atoms with Gasteiger partial charge in [-0.15, -0.1) is 11.3 Å². The van der Waals surface area contributed by atoms with Crippen molar-refractivity contribution in [2.24, 2.45) is 0 Å². The fourth-order valence-electron chi connectivity index (χ4n) is 1.72. The lowest BCUT2D eigenvalue weighted by Crippen LogP contribution is -2.30. The zero-order chi connectivity index (χ0) is 13.9. The average Bonchev–Trinajstić information content (AvgIpc) is 2.88. The molecule has 0 fully saturated rings. The lowest BCUT2D eigenvalue weighted by Gasteiger charge is -2.19. The molecule has 0 aliphatic heterocycles. The number of thiophene rings is 1. The summed E-state index contributed by atoms with van der Waals surface area (Å²) in [4.78, 5) is 0.952. The normalized spacial score (nSPS) is 11.9. The van der Waals surface area contributed by atoms with Crippen LogP contribution < -0.4 is 0 Å². The summed E-state index contributed by atoms with van der Waals surface area (Å²) in [6, 6.07) is 8.86. The van der Waals surface area contributed by atoms with Crippen LogP contribution >= 0.6 is 11.3 Å². The first-order valence-corrected chi connectivity index (χ1v) is 8.14. The molecule has 0 spiro atoms. The monoisotopic (exact) mass is 299 g/mol. The van der Waals surface area contributed by atoms with Crippen LogP contribution in [-0.2, 0) is 16.6 Å². The van der Waals surface area contributed by atoms with Gasteiger partial charge in [0, 0.05) is 18.0 Å². The maximum Gasteiger partial charge on any atom is 0.243 e. The van der Waals surface area contributed by atoms with Crippen LogP contribution in [0.3, 0.4) is 0 Å². The minimum atomic E-state index is -3.65. The van der Waals surface area contributed by atoms with Gasteiger partial charge < -0.3 is 0 Å². The van der Waals surface area contributed by atoms with Crippen LogP contribution in [0.1, 0.15) is 11.8 Å². The molecular formula is C13H14FNO2S2. The highest BCUT2D eigenvalue weighted by molar-refractivity contribution is 7.89. The number of halogens is 1. The van der Waals surface area contributed by atoms with Crippen molar-refractivity contribution in [2.45, 2.75) is 18.4 Å². The van der Waals surface area contributed by atoms with Crippen molar-refractivity contribution < 1.29 is 12.8 Å². The van der Waals surface area contributed by atoms with E-state index in [1.54, 1.807) is 6.92 Å². The Balaban J connectivity index is 2.31. The third-order valence-corrected chi connectivity index (χ3v) is 5.48. The topological polar surface area (TPSA) is 37.4 Å². The van der Waals surface area contributed by atoms with E-state index in [4.69, 9.17) is 0 Å². The van der Waals surface area contributed by atoms with Gasteiger partial charge in [-0.05, 0) is 29.6 Å². The van der Waals surface area contributed by atoms with Crippen LogP contribution in [0.25, 0.3) is 0 Å². The van der Waals surface area contributed by atoms with Gasteiger partial charge in [0.1, 0.15) is 5.82 Å². The maximum absolute atomic E-state index is 13.2. The minimum Gasteiger partial charge on any atom is -0.207 e. The number of hydrogen-bond donors (Lipinski definition) is 0. The molecule has 0 aliphatic rings. The Morgan fingerprint density at radius 2 is 2.05 bits per heavy atom. The molecule has 0 saturated carbocycles. The SMILES string of the molecule is CCN(Cc1cccs1)S(=O)(=O)c1cccc(F)c1. The predicted molar refractivity (Wildman–Crippen MR) is 74.0 cm³/mol. The largest absolute Gasteiger partial charge is 0.243 e. The summed E-state index contributed by atoms with van der Waals surface area (Å²) < 4.78 is 39.3. The number of sulfonamides is 1. The molecule has 0 bridgehead atoms. The molecule has 0 aliphatic carbocycles. The van der Waals surface area contributed by atoms with Gasteiger partial charge in [-0.3, -0.25) is 0 Å². The second-order valence-corrected chi connectivity index (χ2v) is 6.94. The molecule has 102 valence electrons. The van der Waals surface area contributed by atoms with Gasteiger partial charge >= 0.3 is 0 Å². The van der Waals surface area contributed by atoms with E-state index < -0.39 is 15.8 Å². The zero-order valence-corrected chi connectivity index (χ0v) is 12.0. The number of nitrogens with zero attached hydrogens (tertiary/aromatic N) is 1. The molecule has 6 heteroatoms. The van der Waals surface area contributed by atoms with Gasteiger partial charge in [0.05, 0.1) is 4.90 Å². The predicted octanol–water partition coefficient (Wildman–Crippen LogP) is 3.10. The number of hydrogen-bond acceptors (Lipinski definition) is 3. The molecule has 2 rings (SSSR count). The van der Waals surface area contributed by atoms with Gasteiger partial charge in [-0.1, -0.05) is 19.1 Å². The van der Waals surface area contributed by atoms with E-state index in [1.165, 1.54) is 33.8 Å². The van der Waals surface area contributed by atoms with Crippen LogP contribution in [-0.4, -0.2) is 19.3 Å². The van der Waals surface area contributed by atoms with Crippen molar-refractivity contribution in [2.75, 3.05) is 6.54 Å². The van der Waals surface area contributed by atoms with Crippen molar-refractivity contribution in [3.05, 3.63) is 52.5 Å². The Kier molecular flexibility index (Phi) is 4.34. The van der Waals surface area contributed by atoms with Gasteiger partial charge in [0.15, 0.2) is 0 Å².